The fourth-order valence-electron chi connectivity index (χ4n) is 4.40. The number of hydrogen-bond acceptors (Lipinski definition) is 6. The van der Waals surface area contributed by atoms with Gasteiger partial charge in [0.05, 0.1) is 0 Å². The Balaban J connectivity index is 0. The maximum Gasteiger partial charge on any atom is 0.407 e. The lowest BCUT2D eigenvalue weighted by Crippen LogP contribution is -2.37. The van der Waals surface area contributed by atoms with Gasteiger partial charge >= 0.3 is 18.0 Å². The summed E-state index contributed by atoms with van der Waals surface area (Å²) in [6.07, 6.45) is 23.1. The van der Waals surface area contributed by atoms with E-state index in [0.29, 0.717) is 19.3 Å². The number of hydrogen-bond donors (Lipinski definition) is 3. The van der Waals surface area contributed by atoms with Crippen molar-refractivity contribution in [3.8, 4) is 0 Å². The van der Waals surface area contributed by atoms with Gasteiger partial charge in [-0.1, -0.05) is 130 Å². The van der Waals surface area contributed by atoms with Crippen molar-refractivity contribution >= 4 is 18.0 Å². The van der Waals surface area contributed by atoms with Crippen molar-refractivity contribution in [1.82, 2.24) is 5.32 Å². The van der Waals surface area contributed by atoms with Crippen LogP contribution in [0.25, 0.3) is 0 Å². The van der Waals surface area contributed by atoms with Crippen LogP contribution in [-0.2, 0) is 19.1 Å². The second-order valence-corrected chi connectivity index (χ2v) is 11.2. The van der Waals surface area contributed by atoms with E-state index in [1.165, 1.54) is 70.6 Å². The summed E-state index contributed by atoms with van der Waals surface area (Å²) in [5.41, 5.74) is 5.72. The van der Waals surface area contributed by atoms with Crippen molar-refractivity contribution < 1.29 is 29.0 Å². The first-order valence-corrected chi connectivity index (χ1v) is 16.9. The largest absolute Gasteiger partial charge is 0.465 e. The minimum Gasteiger partial charge on any atom is -0.465 e. The molecule has 0 aromatic carbocycles. The highest BCUT2D eigenvalue weighted by molar-refractivity contribution is 5.70. The quantitative estimate of drug-likeness (QED) is 0.0497. The number of amides is 1. The maximum absolute atomic E-state index is 11.7. The van der Waals surface area contributed by atoms with Crippen molar-refractivity contribution in [3.63, 3.8) is 0 Å². The van der Waals surface area contributed by atoms with Crippen molar-refractivity contribution in [2.75, 3.05) is 0 Å². The van der Waals surface area contributed by atoms with E-state index in [-0.39, 0.29) is 11.9 Å². The van der Waals surface area contributed by atoms with E-state index in [1.807, 2.05) is 6.92 Å². The number of carboxylic acid groups (broad SMARTS) is 1. The zero-order valence-corrected chi connectivity index (χ0v) is 27.2. The second kappa shape index (κ2) is 32.7. The van der Waals surface area contributed by atoms with Gasteiger partial charge in [0.25, 0.3) is 0 Å². The minimum atomic E-state index is -1.15. The summed E-state index contributed by atoms with van der Waals surface area (Å²) >= 11 is 0. The maximum atomic E-state index is 11.7. The summed E-state index contributed by atoms with van der Waals surface area (Å²) < 4.78 is 10.3. The highest BCUT2D eigenvalue weighted by atomic mass is 16.6. The predicted octanol–water partition coefficient (Wildman–Crippen LogP) is 9.38. The van der Waals surface area contributed by atoms with Crippen molar-refractivity contribution in [2.24, 2.45) is 5.73 Å². The van der Waals surface area contributed by atoms with Crippen LogP contribution < -0.4 is 11.1 Å². The van der Waals surface area contributed by atoms with Crippen LogP contribution in [0, 0.1) is 0 Å². The Hall–Kier alpha value is -1.83. The van der Waals surface area contributed by atoms with Crippen LogP contribution in [0.3, 0.4) is 0 Å². The Kier molecular flexibility index (Phi) is 32.9. The lowest BCUT2D eigenvalue weighted by Gasteiger charge is -2.17. The molecule has 0 radical (unpaired) electrons. The van der Waals surface area contributed by atoms with Crippen LogP contribution in [0.15, 0.2) is 0 Å². The lowest BCUT2D eigenvalue weighted by atomic mass is 10.1. The molecular weight excluding hydrogens is 520 g/mol. The predicted molar refractivity (Wildman–Crippen MR) is 169 cm³/mol. The summed E-state index contributed by atoms with van der Waals surface area (Å²) in [6, 6.07) is 0. The van der Waals surface area contributed by atoms with Crippen molar-refractivity contribution in [3.05, 3.63) is 0 Å². The van der Waals surface area contributed by atoms with Gasteiger partial charge in [0.1, 0.15) is 0 Å². The smallest absolute Gasteiger partial charge is 0.407 e. The number of nitrogens with two attached hydrogens (primary N) is 1. The van der Waals surface area contributed by atoms with Crippen LogP contribution in [0.1, 0.15) is 182 Å². The Bertz CT molecular complexity index is 602. The zero-order valence-electron chi connectivity index (χ0n) is 27.2. The number of ether oxygens (including phenoxy) is 2. The molecule has 244 valence electrons. The molecular formula is C33H66N2O6. The average Bonchev–Trinajstić information content (AvgIpc) is 2.93. The van der Waals surface area contributed by atoms with Crippen LogP contribution in [0.4, 0.5) is 4.79 Å². The van der Waals surface area contributed by atoms with Gasteiger partial charge in [-0.25, -0.2) is 4.79 Å². The van der Waals surface area contributed by atoms with Gasteiger partial charge in [-0.15, -0.1) is 0 Å². The molecule has 8 nitrogen and oxygen atoms in total. The monoisotopic (exact) mass is 586 g/mol. The molecule has 4 N–H and O–H groups in total. The molecule has 2 atom stereocenters. The lowest BCUT2D eigenvalue weighted by molar-refractivity contribution is -0.151. The molecule has 0 fully saturated rings. The third-order valence-corrected chi connectivity index (χ3v) is 6.97. The van der Waals surface area contributed by atoms with Gasteiger partial charge in [0.2, 0.25) is 0 Å². The second-order valence-electron chi connectivity index (χ2n) is 11.2. The Morgan fingerprint density at radius 3 is 1.34 bits per heavy atom. The third-order valence-electron chi connectivity index (χ3n) is 6.97. The summed E-state index contributed by atoms with van der Waals surface area (Å²) in [5.74, 6) is -0.435. The van der Waals surface area contributed by atoms with E-state index in [2.05, 4.69) is 26.1 Å². The van der Waals surface area contributed by atoms with Crippen molar-refractivity contribution in [2.45, 2.75) is 194 Å². The molecule has 41 heavy (non-hydrogen) atoms. The van der Waals surface area contributed by atoms with Gasteiger partial charge < -0.3 is 14.6 Å². The first-order valence-electron chi connectivity index (χ1n) is 16.9. The van der Waals surface area contributed by atoms with Gasteiger partial charge in [-0.2, -0.15) is 0 Å². The molecule has 0 spiro atoms. The summed E-state index contributed by atoms with van der Waals surface area (Å²) in [5, 5.41) is 11.0. The summed E-state index contributed by atoms with van der Waals surface area (Å²) in [6.45, 7) is 8.56. The first-order chi connectivity index (χ1) is 19.8. The molecule has 2 unspecified atom stereocenters. The van der Waals surface area contributed by atoms with Crippen LogP contribution in [0.2, 0.25) is 0 Å². The van der Waals surface area contributed by atoms with E-state index in [0.717, 1.165) is 64.2 Å². The standard InChI is InChI=1S/C17H33NO4.C16H33NO2/c1-3-5-7-8-9-10-11-12-14-16(19)22-15(13-6-4-2)18-17(20)21;1-3-5-7-8-9-10-11-12-14-16(18)19-15(17)13-6-4-2/h15,18H,3-14H2,1-2H3,(H,20,21);15H,3-14,17H2,1-2H3. The van der Waals surface area contributed by atoms with Crippen LogP contribution in [-0.4, -0.2) is 35.6 Å². The number of esters is 2. The van der Waals surface area contributed by atoms with E-state index in [9.17, 15) is 14.4 Å². The average molecular weight is 587 g/mol. The SMILES string of the molecule is CCCCCCCCCCC(=O)OC(CCCC)NC(=O)O.CCCCCCCCCCC(=O)OC(N)CCCC. The summed E-state index contributed by atoms with van der Waals surface area (Å²) in [7, 11) is 0. The molecule has 0 aliphatic carbocycles. The van der Waals surface area contributed by atoms with E-state index < -0.39 is 18.5 Å². The summed E-state index contributed by atoms with van der Waals surface area (Å²) in [4.78, 5) is 33.9. The Morgan fingerprint density at radius 2 is 0.927 bits per heavy atom. The van der Waals surface area contributed by atoms with Gasteiger partial charge in [-0.3, -0.25) is 20.6 Å². The highest BCUT2D eigenvalue weighted by Gasteiger charge is 2.15. The molecule has 8 heteroatoms. The Labute approximate surface area is 252 Å². The fourth-order valence-corrected chi connectivity index (χ4v) is 4.40. The molecule has 0 heterocycles. The molecule has 0 aliphatic heterocycles. The van der Waals surface area contributed by atoms with Crippen molar-refractivity contribution in [1.29, 1.82) is 0 Å². The van der Waals surface area contributed by atoms with E-state index >= 15 is 0 Å². The molecule has 0 rings (SSSR count). The molecule has 0 bridgehead atoms. The molecule has 0 saturated heterocycles. The molecule has 0 aromatic heterocycles. The number of carbonyl (C=O) groups excluding carboxylic acids is 2. The van der Waals surface area contributed by atoms with Gasteiger partial charge in [-0.05, 0) is 32.1 Å². The van der Waals surface area contributed by atoms with E-state index in [4.69, 9.17) is 20.3 Å². The van der Waals surface area contributed by atoms with Gasteiger partial charge in [0, 0.05) is 19.3 Å². The molecule has 0 aromatic rings. The minimum absolute atomic E-state index is 0.130. The van der Waals surface area contributed by atoms with Crippen LogP contribution >= 0.6 is 0 Å². The topological polar surface area (TPSA) is 128 Å². The zero-order chi connectivity index (χ0) is 31.0. The van der Waals surface area contributed by atoms with E-state index in [1.54, 1.807) is 0 Å². The van der Waals surface area contributed by atoms with Crippen LogP contribution in [0.5, 0.6) is 0 Å². The highest BCUT2D eigenvalue weighted by Crippen LogP contribution is 2.12. The number of nitrogens with one attached hydrogen (secondary N) is 1. The van der Waals surface area contributed by atoms with Gasteiger partial charge in [0.15, 0.2) is 12.5 Å². The molecule has 1 amide bonds. The fraction of sp³-hybridized carbons (Fsp3) is 0.909. The first kappa shape index (κ1) is 41.3. The molecule has 0 aliphatic rings. The Morgan fingerprint density at radius 1 is 0.561 bits per heavy atom. The number of rotatable bonds is 27. The number of carbonyl (C=O) groups is 3. The number of unbranched alkanes of at least 4 members (excludes halogenated alkanes) is 16. The molecule has 0 saturated carbocycles. The third kappa shape index (κ3) is 34.3. The normalized spacial score (nSPS) is 12.1.